The largest absolute Gasteiger partial charge is 0.481 e. The molecule has 1 saturated carbocycles. The predicted molar refractivity (Wildman–Crippen MR) is 54.5 cm³/mol. The number of carbonyl (C=O) groups is 1. The number of benzene rings is 1. The minimum atomic E-state index is -4.42. The number of aliphatic carboxylic acids is 1. The van der Waals surface area contributed by atoms with Crippen molar-refractivity contribution in [2.75, 3.05) is 0 Å². The smallest absolute Gasteiger partial charge is 0.416 e. The van der Waals surface area contributed by atoms with Gasteiger partial charge in [-0.1, -0.05) is 18.2 Å². The van der Waals surface area contributed by atoms with Gasteiger partial charge in [0.25, 0.3) is 0 Å². The minimum absolute atomic E-state index is 0.110. The van der Waals surface area contributed by atoms with Gasteiger partial charge in [-0.2, -0.15) is 13.2 Å². The lowest BCUT2D eigenvalue weighted by atomic mass is 9.69. The fraction of sp³-hybridized carbons (Fsp3) is 0.417. The Morgan fingerprint density at radius 1 is 1.24 bits per heavy atom. The van der Waals surface area contributed by atoms with Crippen LogP contribution in [-0.4, -0.2) is 11.1 Å². The normalized spacial score (nSPS) is 24.2. The second kappa shape index (κ2) is 4.05. The van der Waals surface area contributed by atoms with Crippen LogP contribution in [-0.2, 0) is 11.0 Å². The molecule has 0 saturated heterocycles. The summed E-state index contributed by atoms with van der Waals surface area (Å²) in [6.07, 6.45) is -3.47. The van der Waals surface area contributed by atoms with Gasteiger partial charge >= 0.3 is 12.1 Å². The average molecular weight is 244 g/mol. The van der Waals surface area contributed by atoms with Crippen LogP contribution in [0, 0.1) is 5.92 Å². The molecule has 1 aromatic carbocycles. The molecule has 1 N–H and O–H groups in total. The highest BCUT2D eigenvalue weighted by Gasteiger charge is 2.42. The van der Waals surface area contributed by atoms with E-state index in [9.17, 15) is 18.0 Å². The van der Waals surface area contributed by atoms with Gasteiger partial charge < -0.3 is 5.11 Å². The van der Waals surface area contributed by atoms with E-state index in [1.54, 1.807) is 0 Å². The second-order valence-corrected chi connectivity index (χ2v) is 4.21. The summed E-state index contributed by atoms with van der Waals surface area (Å²) in [5.74, 6) is -2.21. The van der Waals surface area contributed by atoms with Crippen molar-refractivity contribution in [3.8, 4) is 0 Å². The maximum Gasteiger partial charge on any atom is 0.416 e. The molecule has 0 spiro atoms. The zero-order chi connectivity index (χ0) is 12.6. The van der Waals surface area contributed by atoms with Crippen molar-refractivity contribution >= 4 is 5.97 Å². The third-order valence-electron chi connectivity index (χ3n) is 3.26. The molecule has 2 rings (SSSR count). The van der Waals surface area contributed by atoms with Crippen molar-refractivity contribution in [3.05, 3.63) is 35.4 Å². The van der Waals surface area contributed by atoms with E-state index in [1.165, 1.54) is 18.2 Å². The van der Waals surface area contributed by atoms with Gasteiger partial charge in [0.2, 0.25) is 0 Å². The fourth-order valence-electron chi connectivity index (χ4n) is 2.25. The van der Waals surface area contributed by atoms with Crippen LogP contribution >= 0.6 is 0 Å². The van der Waals surface area contributed by atoms with Crippen LogP contribution in [0.25, 0.3) is 0 Å². The zero-order valence-corrected chi connectivity index (χ0v) is 8.87. The number of carboxylic acids is 1. The molecule has 0 heterocycles. The first kappa shape index (κ1) is 12.0. The molecule has 0 aromatic heterocycles. The van der Waals surface area contributed by atoms with Gasteiger partial charge in [0, 0.05) is 0 Å². The number of alkyl halides is 3. The molecule has 0 radical (unpaired) electrons. The monoisotopic (exact) mass is 244 g/mol. The quantitative estimate of drug-likeness (QED) is 0.866. The molecule has 1 aliphatic carbocycles. The summed E-state index contributed by atoms with van der Waals surface area (Å²) in [4.78, 5) is 10.8. The third-order valence-corrected chi connectivity index (χ3v) is 3.26. The molecule has 5 heteroatoms. The number of rotatable bonds is 2. The summed E-state index contributed by atoms with van der Waals surface area (Å²) < 4.78 is 38.2. The summed E-state index contributed by atoms with van der Waals surface area (Å²) in [6, 6.07) is 5.22. The van der Waals surface area contributed by atoms with E-state index in [0.29, 0.717) is 12.8 Å². The molecule has 17 heavy (non-hydrogen) atoms. The minimum Gasteiger partial charge on any atom is -0.481 e. The lowest BCUT2D eigenvalue weighted by Gasteiger charge is -2.35. The highest BCUT2D eigenvalue weighted by Crippen LogP contribution is 2.46. The highest BCUT2D eigenvalue weighted by atomic mass is 19.4. The Labute approximate surface area is 96.1 Å². The van der Waals surface area contributed by atoms with Crippen LogP contribution in [0.2, 0.25) is 0 Å². The van der Waals surface area contributed by atoms with E-state index in [-0.39, 0.29) is 5.56 Å². The van der Waals surface area contributed by atoms with Crippen molar-refractivity contribution in [1.82, 2.24) is 0 Å². The van der Waals surface area contributed by atoms with Crippen molar-refractivity contribution in [3.63, 3.8) is 0 Å². The molecule has 1 fully saturated rings. The SMILES string of the molecule is O=C(O)C1CCC1c1ccccc1C(F)(F)F. The highest BCUT2D eigenvalue weighted by molar-refractivity contribution is 5.73. The first-order chi connectivity index (χ1) is 7.91. The van der Waals surface area contributed by atoms with E-state index in [2.05, 4.69) is 0 Å². The molecular weight excluding hydrogens is 233 g/mol. The molecule has 92 valence electrons. The van der Waals surface area contributed by atoms with E-state index in [0.717, 1.165) is 6.07 Å². The van der Waals surface area contributed by atoms with E-state index < -0.39 is 29.5 Å². The van der Waals surface area contributed by atoms with Gasteiger partial charge in [0.05, 0.1) is 11.5 Å². The Morgan fingerprint density at radius 2 is 1.88 bits per heavy atom. The summed E-state index contributed by atoms with van der Waals surface area (Å²) in [5, 5.41) is 8.88. The predicted octanol–water partition coefficient (Wildman–Crippen LogP) is 3.28. The Balaban J connectivity index is 2.36. The molecular formula is C12H11F3O2. The Bertz CT molecular complexity index is 440. The van der Waals surface area contributed by atoms with Crippen LogP contribution in [0.3, 0.4) is 0 Å². The van der Waals surface area contributed by atoms with Crippen LogP contribution in [0.15, 0.2) is 24.3 Å². The Morgan fingerprint density at radius 3 is 2.35 bits per heavy atom. The summed E-state index contributed by atoms with van der Waals surface area (Å²) in [7, 11) is 0. The first-order valence-corrected chi connectivity index (χ1v) is 5.30. The summed E-state index contributed by atoms with van der Waals surface area (Å²) in [5.41, 5.74) is -0.602. The van der Waals surface area contributed by atoms with Crippen molar-refractivity contribution in [2.45, 2.75) is 24.9 Å². The molecule has 2 unspecified atom stereocenters. The second-order valence-electron chi connectivity index (χ2n) is 4.21. The van der Waals surface area contributed by atoms with Crippen LogP contribution in [0.4, 0.5) is 13.2 Å². The third kappa shape index (κ3) is 2.14. The van der Waals surface area contributed by atoms with Gasteiger partial charge in [0.15, 0.2) is 0 Å². The average Bonchev–Trinajstić information content (AvgIpc) is 2.14. The van der Waals surface area contributed by atoms with Gasteiger partial charge in [-0.3, -0.25) is 4.79 Å². The molecule has 0 bridgehead atoms. The molecule has 0 amide bonds. The van der Waals surface area contributed by atoms with E-state index >= 15 is 0 Å². The summed E-state index contributed by atoms with van der Waals surface area (Å²) in [6.45, 7) is 0. The topological polar surface area (TPSA) is 37.3 Å². The van der Waals surface area contributed by atoms with Gasteiger partial charge in [-0.25, -0.2) is 0 Å². The zero-order valence-electron chi connectivity index (χ0n) is 8.87. The molecule has 0 aliphatic heterocycles. The van der Waals surface area contributed by atoms with E-state index in [1.807, 2.05) is 0 Å². The van der Waals surface area contributed by atoms with Crippen LogP contribution in [0.5, 0.6) is 0 Å². The number of hydrogen-bond acceptors (Lipinski definition) is 1. The van der Waals surface area contributed by atoms with Gasteiger partial charge in [-0.05, 0) is 30.4 Å². The lowest BCUT2D eigenvalue weighted by Crippen LogP contribution is -2.32. The lowest BCUT2D eigenvalue weighted by molar-refractivity contribution is -0.147. The molecule has 1 aromatic rings. The molecule has 1 aliphatic rings. The van der Waals surface area contributed by atoms with Crippen molar-refractivity contribution in [2.24, 2.45) is 5.92 Å². The number of halogens is 3. The van der Waals surface area contributed by atoms with Crippen molar-refractivity contribution in [1.29, 1.82) is 0 Å². The maximum atomic E-state index is 12.7. The number of hydrogen-bond donors (Lipinski definition) is 1. The Hall–Kier alpha value is -1.52. The maximum absolute atomic E-state index is 12.7. The summed E-state index contributed by atoms with van der Waals surface area (Å²) >= 11 is 0. The van der Waals surface area contributed by atoms with Crippen LogP contribution < -0.4 is 0 Å². The standard InChI is InChI=1S/C12H11F3O2/c13-12(14,15)10-4-2-1-3-8(10)7-5-6-9(7)11(16)17/h1-4,7,9H,5-6H2,(H,16,17). The van der Waals surface area contributed by atoms with Crippen LogP contribution in [0.1, 0.15) is 29.9 Å². The van der Waals surface area contributed by atoms with Gasteiger partial charge in [-0.15, -0.1) is 0 Å². The molecule has 2 atom stereocenters. The Kier molecular flexibility index (Phi) is 2.85. The first-order valence-electron chi connectivity index (χ1n) is 5.30. The number of carboxylic acid groups (broad SMARTS) is 1. The van der Waals surface area contributed by atoms with Crippen molar-refractivity contribution < 1.29 is 23.1 Å². The van der Waals surface area contributed by atoms with E-state index in [4.69, 9.17) is 5.11 Å². The molecule has 2 nitrogen and oxygen atoms in total. The fourth-order valence-corrected chi connectivity index (χ4v) is 2.25. The van der Waals surface area contributed by atoms with Gasteiger partial charge in [0.1, 0.15) is 0 Å².